The average Bonchev–Trinajstić information content (AvgIpc) is 2.70. The van der Waals surface area contributed by atoms with Crippen LogP contribution in [0.2, 0.25) is 0 Å². The van der Waals surface area contributed by atoms with Gasteiger partial charge in [-0.05, 0) is 17.5 Å². The van der Waals surface area contributed by atoms with Crippen LogP contribution in [-0.2, 0) is 9.59 Å². The molecule has 4 nitrogen and oxygen atoms in total. The van der Waals surface area contributed by atoms with E-state index in [9.17, 15) is 9.59 Å². The largest absolute Gasteiger partial charge is 0.355 e. The summed E-state index contributed by atoms with van der Waals surface area (Å²) in [5.74, 6) is -0.458. The van der Waals surface area contributed by atoms with Gasteiger partial charge in [0.2, 0.25) is 11.8 Å². The maximum Gasteiger partial charge on any atom is 0.234 e. The van der Waals surface area contributed by atoms with Gasteiger partial charge in [-0.15, -0.1) is 22.9 Å². The van der Waals surface area contributed by atoms with Crippen LogP contribution < -0.4 is 10.6 Å². The average molecular weight is 247 g/mol. The summed E-state index contributed by atoms with van der Waals surface area (Å²) in [5, 5.41) is 7.91. The first-order valence-electron chi connectivity index (χ1n) is 4.38. The SMILES string of the molecule is O=C(CCl)NCCC(=O)Nc1cccs1. The predicted octanol–water partition coefficient (Wildman–Crippen LogP) is 1.43. The smallest absolute Gasteiger partial charge is 0.234 e. The Labute approximate surface area is 96.6 Å². The van der Waals surface area contributed by atoms with E-state index in [1.54, 1.807) is 0 Å². The number of hydrogen-bond acceptors (Lipinski definition) is 3. The van der Waals surface area contributed by atoms with E-state index in [4.69, 9.17) is 11.6 Å². The molecule has 15 heavy (non-hydrogen) atoms. The lowest BCUT2D eigenvalue weighted by molar-refractivity contribution is -0.119. The molecule has 0 aromatic carbocycles. The third-order valence-corrected chi connectivity index (χ3v) is 2.61. The molecule has 2 N–H and O–H groups in total. The van der Waals surface area contributed by atoms with E-state index in [0.29, 0.717) is 6.54 Å². The molecule has 0 atom stereocenters. The summed E-state index contributed by atoms with van der Waals surface area (Å²) in [6, 6.07) is 3.68. The molecule has 6 heteroatoms. The molecule has 1 heterocycles. The molecule has 1 rings (SSSR count). The van der Waals surface area contributed by atoms with Crippen LogP contribution in [-0.4, -0.2) is 24.2 Å². The summed E-state index contributed by atoms with van der Waals surface area (Å²) in [5.41, 5.74) is 0. The minimum absolute atomic E-state index is 0.0768. The first kappa shape index (κ1) is 12.0. The molecule has 1 aromatic heterocycles. The molecular weight excluding hydrogens is 236 g/mol. The topological polar surface area (TPSA) is 58.2 Å². The summed E-state index contributed by atoms with van der Waals surface area (Å²) in [6.45, 7) is 0.308. The van der Waals surface area contributed by atoms with Gasteiger partial charge in [0.05, 0.1) is 5.00 Å². The number of halogens is 1. The van der Waals surface area contributed by atoms with Crippen molar-refractivity contribution in [3.8, 4) is 0 Å². The molecule has 0 aliphatic rings. The van der Waals surface area contributed by atoms with Crippen LogP contribution in [0.5, 0.6) is 0 Å². The minimum atomic E-state index is -0.263. The van der Waals surface area contributed by atoms with E-state index in [-0.39, 0.29) is 24.1 Å². The Morgan fingerprint density at radius 1 is 1.40 bits per heavy atom. The summed E-state index contributed by atoms with van der Waals surface area (Å²) >= 11 is 6.73. The second-order valence-electron chi connectivity index (χ2n) is 2.76. The van der Waals surface area contributed by atoms with E-state index in [1.807, 2.05) is 17.5 Å². The lowest BCUT2D eigenvalue weighted by Gasteiger charge is -2.03. The molecule has 2 amide bonds. The molecule has 1 aromatic rings. The van der Waals surface area contributed by atoms with Crippen molar-refractivity contribution in [3.05, 3.63) is 17.5 Å². The Morgan fingerprint density at radius 2 is 2.20 bits per heavy atom. The van der Waals surface area contributed by atoms with Crippen molar-refractivity contribution >= 4 is 39.8 Å². The maximum atomic E-state index is 11.3. The number of hydrogen-bond donors (Lipinski definition) is 2. The molecule has 0 radical (unpaired) electrons. The number of amides is 2. The van der Waals surface area contributed by atoms with Gasteiger partial charge in [0.15, 0.2) is 0 Å². The van der Waals surface area contributed by atoms with E-state index in [1.165, 1.54) is 11.3 Å². The Balaban J connectivity index is 2.17. The number of carbonyl (C=O) groups is 2. The Kier molecular flexibility index (Phi) is 5.14. The van der Waals surface area contributed by atoms with Crippen molar-refractivity contribution < 1.29 is 9.59 Å². The van der Waals surface area contributed by atoms with E-state index in [2.05, 4.69) is 10.6 Å². The van der Waals surface area contributed by atoms with Crippen LogP contribution in [0.3, 0.4) is 0 Å². The number of anilines is 1. The van der Waals surface area contributed by atoms with Crippen molar-refractivity contribution in [2.75, 3.05) is 17.7 Å². The summed E-state index contributed by atoms with van der Waals surface area (Å²) in [6.07, 6.45) is 0.251. The third kappa shape index (κ3) is 4.80. The molecule has 0 fully saturated rings. The molecule has 0 saturated heterocycles. The molecule has 0 spiro atoms. The van der Waals surface area contributed by atoms with Crippen LogP contribution in [0.15, 0.2) is 17.5 Å². The number of thiophene rings is 1. The molecule has 0 unspecified atom stereocenters. The van der Waals surface area contributed by atoms with Gasteiger partial charge in [0, 0.05) is 13.0 Å². The fourth-order valence-electron chi connectivity index (χ4n) is 0.912. The number of rotatable bonds is 5. The van der Waals surface area contributed by atoms with Crippen LogP contribution >= 0.6 is 22.9 Å². The van der Waals surface area contributed by atoms with Gasteiger partial charge in [-0.1, -0.05) is 0 Å². The summed E-state index contributed by atoms with van der Waals surface area (Å²) < 4.78 is 0. The molecule has 82 valence electrons. The second-order valence-corrected chi connectivity index (χ2v) is 3.97. The second kappa shape index (κ2) is 6.42. The summed E-state index contributed by atoms with van der Waals surface area (Å²) in [7, 11) is 0. The van der Waals surface area contributed by atoms with Crippen LogP contribution in [0, 0.1) is 0 Å². The summed E-state index contributed by atoms with van der Waals surface area (Å²) in [4.78, 5) is 22.0. The van der Waals surface area contributed by atoms with E-state index in [0.717, 1.165) is 5.00 Å². The lowest BCUT2D eigenvalue weighted by atomic mass is 10.4. The molecule has 0 bridgehead atoms. The Morgan fingerprint density at radius 3 is 2.80 bits per heavy atom. The van der Waals surface area contributed by atoms with Gasteiger partial charge in [-0.25, -0.2) is 0 Å². The normalized spacial score (nSPS) is 9.67. The molecular formula is C9H11ClN2O2S. The fourth-order valence-corrected chi connectivity index (χ4v) is 1.64. The van der Waals surface area contributed by atoms with Crippen molar-refractivity contribution in [2.45, 2.75) is 6.42 Å². The van der Waals surface area contributed by atoms with Gasteiger partial charge >= 0.3 is 0 Å². The Hall–Kier alpha value is -1.07. The maximum absolute atomic E-state index is 11.3. The standard InChI is InChI=1S/C9H11ClN2O2S/c10-6-8(14)11-4-3-7(13)12-9-2-1-5-15-9/h1-2,5H,3-4,6H2,(H,11,14)(H,12,13). The highest BCUT2D eigenvalue weighted by molar-refractivity contribution is 7.14. The quantitative estimate of drug-likeness (QED) is 0.773. The van der Waals surface area contributed by atoms with Gasteiger partial charge in [0.1, 0.15) is 5.88 Å². The van der Waals surface area contributed by atoms with E-state index < -0.39 is 0 Å². The van der Waals surface area contributed by atoms with Gasteiger partial charge < -0.3 is 10.6 Å². The highest BCUT2D eigenvalue weighted by Crippen LogP contribution is 2.14. The highest BCUT2D eigenvalue weighted by Gasteiger charge is 2.03. The first-order valence-corrected chi connectivity index (χ1v) is 5.80. The van der Waals surface area contributed by atoms with E-state index >= 15 is 0 Å². The minimum Gasteiger partial charge on any atom is -0.355 e. The van der Waals surface area contributed by atoms with Gasteiger partial charge in [-0.3, -0.25) is 9.59 Å². The van der Waals surface area contributed by atoms with Crippen LogP contribution in [0.25, 0.3) is 0 Å². The zero-order valence-electron chi connectivity index (χ0n) is 7.96. The monoisotopic (exact) mass is 246 g/mol. The van der Waals surface area contributed by atoms with Crippen LogP contribution in [0.1, 0.15) is 6.42 Å². The molecule has 0 aliphatic heterocycles. The number of carbonyl (C=O) groups excluding carboxylic acids is 2. The highest BCUT2D eigenvalue weighted by atomic mass is 35.5. The van der Waals surface area contributed by atoms with Crippen molar-refractivity contribution in [1.82, 2.24) is 5.32 Å². The zero-order valence-corrected chi connectivity index (χ0v) is 9.53. The van der Waals surface area contributed by atoms with Crippen molar-refractivity contribution in [2.24, 2.45) is 0 Å². The molecule has 0 saturated carbocycles. The Bertz CT molecular complexity index is 327. The lowest BCUT2D eigenvalue weighted by Crippen LogP contribution is -2.28. The third-order valence-electron chi connectivity index (χ3n) is 1.58. The number of nitrogens with one attached hydrogen (secondary N) is 2. The van der Waals surface area contributed by atoms with Crippen molar-refractivity contribution in [1.29, 1.82) is 0 Å². The predicted molar refractivity (Wildman–Crippen MR) is 61.3 cm³/mol. The van der Waals surface area contributed by atoms with Gasteiger partial charge in [0.25, 0.3) is 0 Å². The first-order chi connectivity index (χ1) is 7.22. The molecule has 0 aliphatic carbocycles. The fraction of sp³-hybridized carbons (Fsp3) is 0.333. The van der Waals surface area contributed by atoms with Crippen LogP contribution in [0.4, 0.5) is 5.00 Å². The van der Waals surface area contributed by atoms with Gasteiger partial charge in [-0.2, -0.15) is 0 Å². The zero-order chi connectivity index (χ0) is 11.1. The number of alkyl halides is 1. The van der Waals surface area contributed by atoms with Crippen molar-refractivity contribution in [3.63, 3.8) is 0 Å².